The van der Waals surface area contributed by atoms with Crippen molar-refractivity contribution in [3.63, 3.8) is 0 Å². The monoisotopic (exact) mass is 343 g/mol. The number of halogens is 1. The van der Waals surface area contributed by atoms with Gasteiger partial charge in [0.25, 0.3) is 0 Å². The number of benzene rings is 1. The van der Waals surface area contributed by atoms with Crippen LogP contribution in [0.3, 0.4) is 0 Å². The predicted molar refractivity (Wildman–Crippen MR) is 96.0 cm³/mol. The van der Waals surface area contributed by atoms with Crippen LogP contribution in [-0.2, 0) is 11.2 Å². The van der Waals surface area contributed by atoms with Gasteiger partial charge in [0.15, 0.2) is 0 Å². The summed E-state index contributed by atoms with van der Waals surface area (Å²) in [6, 6.07) is 8.82. The molecule has 4 bridgehead atoms. The summed E-state index contributed by atoms with van der Waals surface area (Å²) in [5.74, 6) is 1.64. The van der Waals surface area contributed by atoms with Gasteiger partial charge in [0.05, 0.1) is 11.5 Å². The lowest BCUT2D eigenvalue weighted by molar-refractivity contribution is -0.145. The number of hydrogen-bond acceptors (Lipinski definition) is 1. The molecule has 0 spiro atoms. The van der Waals surface area contributed by atoms with Gasteiger partial charge in [-0.25, -0.2) is 0 Å². The Bertz CT molecular complexity index is 670. The summed E-state index contributed by atoms with van der Waals surface area (Å²) < 4.78 is 0. The van der Waals surface area contributed by atoms with Crippen LogP contribution in [-0.4, -0.2) is 10.8 Å². The molecule has 5 aliphatic carbocycles. The van der Waals surface area contributed by atoms with Crippen molar-refractivity contribution in [3.05, 3.63) is 35.4 Å². The lowest BCUT2D eigenvalue weighted by Gasteiger charge is -2.59. The number of aryl methyl sites for hydroxylation is 1. The van der Waals surface area contributed by atoms with Gasteiger partial charge in [0.2, 0.25) is 5.91 Å². The van der Waals surface area contributed by atoms with Crippen molar-refractivity contribution in [3.8, 4) is 0 Å². The highest BCUT2D eigenvalue weighted by Gasteiger charge is 2.60. The third-order valence-corrected chi connectivity index (χ3v) is 7.59. The zero-order valence-corrected chi connectivity index (χ0v) is 14.9. The van der Waals surface area contributed by atoms with Crippen LogP contribution in [0, 0.1) is 17.3 Å². The fourth-order valence-corrected chi connectivity index (χ4v) is 7.32. The molecule has 5 aliphatic rings. The van der Waals surface area contributed by atoms with Crippen LogP contribution in [0.15, 0.2) is 24.3 Å². The van der Waals surface area contributed by atoms with Crippen LogP contribution in [0.4, 0.5) is 0 Å². The summed E-state index contributed by atoms with van der Waals surface area (Å²) in [5, 5.41) is 3.45. The Balaban J connectivity index is 1.40. The minimum Gasteiger partial charge on any atom is -0.349 e. The van der Waals surface area contributed by atoms with E-state index in [9.17, 15) is 4.79 Å². The van der Waals surface area contributed by atoms with Gasteiger partial charge in [-0.1, -0.05) is 24.3 Å². The zero-order chi connectivity index (χ0) is 16.4. The van der Waals surface area contributed by atoms with E-state index >= 15 is 0 Å². The van der Waals surface area contributed by atoms with Crippen molar-refractivity contribution in [1.29, 1.82) is 0 Å². The van der Waals surface area contributed by atoms with Gasteiger partial charge in [-0.2, -0.15) is 0 Å². The Morgan fingerprint density at radius 1 is 1.12 bits per heavy atom. The number of carbonyl (C=O) groups is 1. The second kappa shape index (κ2) is 5.24. The summed E-state index contributed by atoms with van der Waals surface area (Å²) in [4.78, 5) is 13.3. The van der Waals surface area contributed by atoms with E-state index in [2.05, 4.69) is 29.6 Å². The third-order valence-electron chi connectivity index (χ3n) is 7.15. The molecule has 6 rings (SSSR count). The Morgan fingerprint density at radius 3 is 2.62 bits per heavy atom. The van der Waals surface area contributed by atoms with E-state index in [1.54, 1.807) is 0 Å². The van der Waals surface area contributed by atoms with Crippen molar-refractivity contribution >= 4 is 17.5 Å². The molecule has 128 valence electrons. The van der Waals surface area contributed by atoms with E-state index < -0.39 is 0 Å². The number of carbonyl (C=O) groups excluding carboxylic acids is 1. The molecule has 0 aliphatic heterocycles. The van der Waals surface area contributed by atoms with Crippen LogP contribution in [0.5, 0.6) is 0 Å². The lowest BCUT2D eigenvalue weighted by atomic mass is 9.49. The molecule has 0 radical (unpaired) electrons. The first-order valence-electron chi connectivity index (χ1n) is 9.63. The molecule has 0 saturated heterocycles. The van der Waals surface area contributed by atoms with Crippen molar-refractivity contribution < 1.29 is 4.79 Å². The molecule has 2 unspecified atom stereocenters. The molecule has 4 fully saturated rings. The molecule has 1 N–H and O–H groups in total. The fraction of sp³-hybridized carbons (Fsp3) is 0.667. The summed E-state index contributed by atoms with van der Waals surface area (Å²) in [6.07, 6.45) is 9.97. The van der Waals surface area contributed by atoms with Gasteiger partial charge in [-0.05, 0) is 80.8 Å². The fourth-order valence-electron chi connectivity index (χ4n) is 6.63. The Hall–Kier alpha value is -1.02. The van der Waals surface area contributed by atoms with E-state index in [0.29, 0.717) is 17.7 Å². The van der Waals surface area contributed by atoms with Gasteiger partial charge in [0, 0.05) is 4.87 Å². The standard InChI is InChI=1S/C21H26ClNO/c22-21-11-14-8-15(12-21)10-20(9-14,13-21)19(24)23-18-7-3-5-16-4-1-2-6-17(16)18/h1-2,4,6,14-15,18H,3,5,7-13H2,(H,23,24)/t14-,15+,18-,20?,21?/m1/s1. The number of rotatable bonds is 2. The molecule has 1 aromatic rings. The molecular weight excluding hydrogens is 318 g/mol. The van der Waals surface area contributed by atoms with E-state index in [-0.39, 0.29) is 16.3 Å². The summed E-state index contributed by atoms with van der Waals surface area (Å²) >= 11 is 6.91. The third kappa shape index (κ3) is 2.33. The molecule has 3 heteroatoms. The minimum atomic E-state index is -0.182. The van der Waals surface area contributed by atoms with Crippen LogP contribution in [0.1, 0.15) is 68.5 Å². The Morgan fingerprint density at radius 2 is 1.88 bits per heavy atom. The summed E-state index contributed by atoms with van der Waals surface area (Å²) in [5.41, 5.74) is 2.56. The van der Waals surface area contributed by atoms with Crippen molar-refractivity contribution in [2.24, 2.45) is 17.3 Å². The second-order valence-corrected chi connectivity index (χ2v) is 9.81. The zero-order valence-electron chi connectivity index (χ0n) is 14.2. The number of alkyl halides is 1. The summed E-state index contributed by atoms with van der Waals surface area (Å²) in [7, 11) is 0. The normalized spacial score (nSPS) is 42.6. The van der Waals surface area contributed by atoms with Gasteiger partial charge in [-0.15, -0.1) is 11.6 Å². The smallest absolute Gasteiger partial charge is 0.226 e. The highest BCUT2D eigenvalue weighted by Crippen LogP contribution is 2.64. The maximum Gasteiger partial charge on any atom is 0.226 e. The van der Waals surface area contributed by atoms with Gasteiger partial charge >= 0.3 is 0 Å². The molecule has 0 heterocycles. The van der Waals surface area contributed by atoms with Crippen LogP contribution < -0.4 is 5.32 Å². The first-order chi connectivity index (χ1) is 11.6. The first-order valence-corrected chi connectivity index (χ1v) is 10.0. The highest BCUT2D eigenvalue weighted by molar-refractivity contribution is 6.24. The van der Waals surface area contributed by atoms with Crippen molar-refractivity contribution in [2.45, 2.75) is 68.7 Å². The van der Waals surface area contributed by atoms with Crippen LogP contribution in [0.25, 0.3) is 0 Å². The number of nitrogens with one attached hydrogen (secondary N) is 1. The predicted octanol–water partition coefficient (Wildman–Crippen LogP) is 4.76. The van der Waals surface area contributed by atoms with Gasteiger partial charge in [-0.3, -0.25) is 4.79 Å². The van der Waals surface area contributed by atoms with Gasteiger partial charge in [0.1, 0.15) is 0 Å². The van der Waals surface area contributed by atoms with E-state index in [1.807, 2.05) is 0 Å². The maximum atomic E-state index is 13.3. The number of amides is 1. The number of hydrogen-bond donors (Lipinski definition) is 1. The Kier molecular flexibility index (Phi) is 3.33. The summed E-state index contributed by atoms with van der Waals surface area (Å²) in [6.45, 7) is 0. The molecule has 24 heavy (non-hydrogen) atoms. The van der Waals surface area contributed by atoms with Crippen LogP contribution >= 0.6 is 11.6 Å². The van der Waals surface area contributed by atoms with E-state index in [1.165, 1.54) is 24.0 Å². The quantitative estimate of drug-likeness (QED) is 0.771. The average molecular weight is 344 g/mol. The average Bonchev–Trinajstić information content (AvgIpc) is 2.53. The SMILES string of the molecule is O=C(N[C@@H]1CCCc2ccccc21)C12C[C@@H]3C[C@@H](CC(Cl)(C3)C1)C2. The van der Waals surface area contributed by atoms with E-state index in [4.69, 9.17) is 11.6 Å². The van der Waals surface area contributed by atoms with Crippen molar-refractivity contribution in [2.75, 3.05) is 0 Å². The molecule has 0 aromatic heterocycles. The molecular formula is C21H26ClNO. The Labute approximate surface area is 149 Å². The van der Waals surface area contributed by atoms with Crippen molar-refractivity contribution in [1.82, 2.24) is 5.32 Å². The molecule has 4 saturated carbocycles. The number of fused-ring (bicyclic) bond motifs is 1. The van der Waals surface area contributed by atoms with E-state index in [0.717, 1.165) is 44.9 Å². The second-order valence-electron chi connectivity index (χ2n) is 9.01. The first kappa shape index (κ1) is 15.3. The highest BCUT2D eigenvalue weighted by atomic mass is 35.5. The maximum absolute atomic E-state index is 13.3. The largest absolute Gasteiger partial charge is 0.349 e. The minimum absolute atomic E-state index is 0.0914. The molecule has 1 amide bonds. The van der Waals surface area contributed by atoms with Crippen LogP contribution in [0.2, 0.25) is 0 Å². The molecule has 2 nitrogen and oxygen atoms in total. The molecule has 1 aromatic carbocycles. The topological polar surface area (TPSA) is 29.1 Å². The molecule has 5 atom stereocenters. The van der Waals surface area contributed by atoms with Gasteiger partial charge < -0.3 is 5.32 Å². The lowest BCUT2D eigenvalue weighted by Crippen LogP contribution is -2.58.